The molecule has 10 heteroatoms. The van der Waals surface area contributed by atoms with E-state index in [0.29, 0.717) is 24.5 Å². The van der Waals surface area contributed by atoms with Crippen LogP contribution in [0.1, 0.15) is 13.8 Å². The number of amides is 2. The molecule has 3 N–H and O–H groups in total. The van der Waals surface area contributed by atoms with Gasteiger partial charge in [0.1, 0.15) is 0 Å². The van der Waals surface area contributed by atoms with Crippen molar-refractivity contribution < 1.29 is 18.0 Å². The van der Waals surface area contributed by atoms with Crippen LogP contribution in [0.3, 0.4) is 0 Å². The highest BCUT2D eigenvalue weighted by Gasteiger charge is 2.23. The summed E-state index contributed by atoms with van der Waals surface area (Å²) in [6, 6.07) is 4.64. The molecule has 27 heavy (non-hydrogen) atoms. The molecular formula is C17H29N5O4S. The summed E-state index contributed by atoms with van der Waals surface area (Å²) in [6.07, 6.45) is 0. The first kappa shape index (κ1) is 22.9. The molecule has 0 radical (unpaired) electrons. The Morgan fingerprint density at radius 1 is 1.04 bits per heavy atom. The van der Waals surface area contributed by atoms with E-state index in [1.807, 2.05) is 0 Å². The zero-order valence-electron chi connectivity index (χ0n) is 16.5. The summed E-state index contributed by atoms with van der Waals surface area (Å²) in [6.45, 7) is 4.21. The van der Waals surface area contributed by atoms with Crippen LogP contribution >= 0.6 is 0 Å². The first-order chi connectivity index (χ1) is 12.7. The van der Waals surface area contributed by atoms with Crippen LogP contribution in [0, 0.1) is 0 Å². The van der Waals surface area contributed by atoms with Gasteiger partial charge in [0.05, 0.1) is 29.4 Å². The van der Waals surface area contributed by atoms with Crippen LogP contribution in [0.2, 0.25) is 0 Å². The lowest BCUT2D eigenvalue weighted by molar-refractivity contribution is -0.120. The summed E-state index contributed by atoms with van der Waals surface area (Å²) in [7, 11) is 1.47. The third-order valence-electron chi connectivity index (χ3n) is 3.92. The zero-order valence-corrected chi connectivity index (χ0v) is 17.3. The van der Waals surface area contributed by atoms with Crippen molar-refractivity contribution in [2.24, 2.45) is 0 Å². The number of rotatable bonds is 10. The molecule has 0 unspecified atom stereocenters. The minimum atomic E-state index is -3.64. The van der Waals surface area contributed by atoms with Crippen molar-refractivity contribution >= 4 is 33.2 Å². The number of benzene rings is 1. The van der Waals surface area contributed by atoms with Crippen LogP contribution in [-0.2, 0) is 19.6 Å². The molecule has 1 rings (SSSR count). The van der Waals surface area contributed by atoms with Crippen molar-refractivity contribution in [3.63, 3.8) is 0 Å². The van der Waals surface area contributed by atoms with Crippen LogP contribution < -0.4 is 20.9 Å². The van der Waals surface area contributed by atoms with Crippen LogP contribution in [0.15, 0.2) is 23.1 Å². The van der Waals surface area contributed by atoms with Gasteiger partial charge in [0.25, 0.3) is 0 Å². The molecule has 1 aromatic rings. The minimum absolute atomic E-state index is 0.0147. The number of sulfonamides is 1. The van der Waals surface area contributed by atoms with E-state index in [1.165, 1.54) is 23.5 Å². The Morgan fingerprint density at radius 2 is 1.63 bits per heavy atom. The van der Waals surface area contributed by atoms with E-state index in [4.69, 9.17) is 0 Å². The summed E-state index contributed by atoms with van der Waals surface area (Å²) in [5.74, 6) is -0.608. The topological polar surface area (TPSA) is 111 Å². The molecule has 0 spiro atoms. The van der Waals surface area contributed by atoms with Crippen molar-refractivity contribution in [3.05, 3.63) is 18.2 Å². The highest BCUT2D eigenvalue weighted by atomic mass is 32.2. The number of nitrogens with zero attached hydrogens (tertiary/aromatic N) is 2. The molecule has 2 amide bonds. The fourth-order valence-electron chi connectivity index (χ4n) is 2.45. The highest BCUT2D eigenvalue weighted by molar-refractivity contribution is 7.89. The number of nitrogens with one attached hydrogen (secondary N) is 3. The van der Waals surface area contributed by atoms with Gasteiger partial charge in [-0.15, -0.1) is 0 Å². The van der Waals surface area contributed by atoms with E-state index >= 15 is 0 Å². The van der Waals surface area contributed by atoms with Gasteiger partial charge < -0.3 is 15.5 Å². The number of hydrogen-bond donors (Lipinski definition) is 3. The lowest BCUT2D eigenvalue weighted by atomic mass is 10.2. The maximum atomic E-state index is 12.7. The molecule has 9 nitrogen and oxygen atoms in total. The molecular weight excluding hydrogens is 370 g/mol. The summed E-state index contributed by atoms with van der Waals surface area (Å²) in [5.41, 5.74) is 1.06. The SMILES string of the molecule is CCN(CC)S(=O)(=O)c1ccc(N(C)C)c(NC(=O)CNCC(=O)NC)c1. The number of hydrogen-bond acceptors (Lipinski definition) is 6. The van der Waals surface area contributed by atoms with Gasteiger partial charge in [-0.2, -0.15) is 4.31 Å². The summed E-state index contributed by atoms with van der Waals surface area (Å²) in [4.78, 5) is 25.3. The molecule has 0 saturated heterocycles. The molecule has 0 saturated carbocycles. The summed E-state index contributed by atoms with van der Waals surface area (Å²) in [5, 5.41) is 7.88. The predicted octanol–water partition coefficient (Wildman–Crippen LogP) is 0.0572. The van der Waals surface area contributed by atoms with Gasteiger partial charge in [-0.25, -0.2) is 8.42 Å². The van der Waals surface area contributed by atoms with E-state index in [1.54, 1.807) is 38.9 Å². The second-order valence-electron chi connectivity index (χ2n) is 5.99. The maximum Gasteiger partial charge on any atom is 0.243 e. The van der Waals surface area contributed by atoms with Gasteiger partial charge in [-0.3, -0.25) is 14.9 Å². The van der Waals surface area contributed by atoms with Crippen molar-refractivity contribution in [1.29, 1.82) is 0 Å². The zero-order chi connectivity index (χ0) is 20.6. The van der Waals surface area contributed by atoms with Gasteiger partial charge in [-0.05, 0) is 18.2 Å². The third-order valence-corrected chi connectivity index (χ3v) is 5.96. The molecule has 1 aromatic carbocycles. The molecule has 152 valence electrons. The van der Waals surface area contributed by atoms with Crippen molar-refractivity contribution in [2.45, 2.75) is 18.7 Å². The molecule has 0 aromatic heterocycles. The van der Waals surface area contributed by atoms with Gasteiger partial charge >= 0.3 is 0 Å². The molecule has 0 aliphatic heterocycles. The number of carbonyl (C=O) groups is 2. The smallest absolute Gasteiger partial charge is 0.243 e. The van der Waals surface area contributed by atoms with Crippen molar-refractivity contribution in [3.8, 4) is 0 Å². The van der Waals surface area contributed by atoms with Gasteiger partial charge in [-0.1, -0.05) is 13.8 Å². The van der Waals surface area contributed by atoms with Crippen LogP contribution in [0.5, 0.6) is 0 Å². The van der Waals surface area contributed by atoms with E-state index in [2.05, 4.69) is 16.0 Å². The van der Waals surface area contributed by atoms with E-state index in [0.717, 1.165) is 0 Å². The van der Waals surface area contributed by atoms with Gasteiger partial charge in [0.2, 0.25) is 21.8 Å². The maximum absolute atomic E-state index is 12.7. The standard InChI is InChI=1S/C17H29N5O4S/c1-6-22(7-2)27(25,26)13-8-9-15(21(4)5)14(10-13)20-17(24)12-19-11-16(23)18-3/h8-10,19H,6-7,11-12H2,1-5H3,(H,18,23)(H,20,24). The fraction of sp³-hybridized carbons (Fsp3) is 0.529. The summed E-state index contributed by atoms with van der Waals surface area (Å²) >= 11 is 0. The number of carbonyl (C=O) groups excluding carboxylic acids is 2. The van der Waals surface area contributed by atoms with Crippen LogP contribution in [0.25, 0.3) is 0 Å². The molecule has 0 atom stereocenters. The van der Waals surface area contributed by atoms with E-state index < -0.39 is 10.0 Å². The van der Waals surface area contributed by atoms with Crippen LogP contribution in [-0.4, -0.2) is 71.9 Å². The number of likely N-dealkylation sites (N-methyl/N-ethyl adjacent to an activating group) is 1. The largest absolute Gasteiger partial charge is 0.376 e. The highest BCUT2D eigenvalue weighted by Crippen LogP contribution is 2.29. The van der Waals surface area contributed by atoms with Gasteiger partial charge in [0.15, 0.2) is 0 Å². The Hall–Kier alpha value is -2.17. The summed E-state index contributed by atoms with van der Waals surface area (Å²) < 4.78 is 26.8. The molecule has 0 fully saturated rings. The van der Waals surface area contributed by atoms with E-state index in [-0.39, 0.29) is 29.8 Å². The normalized spacial score (nSPS) is 11.3. The molecule has 0 aliphatic carbocycles. The Kier molecular flexibility index (Phi) is 8.67. The Bertz CT molecular complexity index is 761. The first-order valence-corrected chi connectivity index (χ1v) is 10.1. The Labute approximate surface area is 161 Å². The minimum Gasteiger partial charge on any atom is -0.376 e. The third kappa shape index (κ3) is 6.19. The lowest BCUT2D eigenvalue weighted by Gasteiger charge is -2.22. The fourth-order valence-corrected chi connectivity index (χ4v) is 3.94. The molecule has 0 bridgehead atoms. The second-order valence-corrected chi connectivity index (χ2v) is 7.93. The van der Waals surface area contributed by atoms with Crippen molar-refractivity contribution in [2.75, 3.05) is 57.5 Å². The molecule has 0 aliphatic rings. The van der Waals surface area contributed by atoms with Gasteiger partial charge in [0, 0.05) is 34.2 Å². The average Bonchev–Trinajstić information content (AvgIpc) is 2.61. The van der Waals surface area contributed by atoms with E-state index in [9.17, 15) is 18.0 Å². The van der Waals surface area contributed by atoms with Crippen molar-refractivity contribution in [1.82, 2.24) is 14.9 Å². The van der Waals surface area contributed by atoms with Crippen LogP contribution in [0.4, 0.5) is 11.4 Å². The first-order valence-electron chi connectivity index (χ1n) is 8.70. The Morgan fingerprint density at radius 3 is 2.15 bits per heavy atom. The quantitative estimate of drug-likeness (QED) is 0.513. The predicted molar refractivity (Wildman–Crippen MR) is 106 cm³/mol. The monoisotopic (exact) mass is 399 g/mol. The lowest BCUT2D eigenvalue weighted by Crippen LogP contribution is -2.36. The second kappa shape index (κ2) is 10.2. The molecule has 0 heterocycles. The average molecular weight is 400 g/mol. The Balaban J connectivity index is 3.06. The number of anilines is 2.